The van der Waals surface area contributed by atoms with Crippen molar-refractivity contribution in [3.8, 4) is 0 Å². The van der Waals surface area contributed by atoms with E-state index in [-0.39, 0.29) is 5.56 Å². The third-order valence-corrected chi connectivity index (χ3v) is 1.99. The van der Waals surface area contributed by atoms with E-state index in [0.717, 1.165) is 6.20 Å². The number of rotatable bonds is 2. The highest BCUT2D eigenvalue weighted by Gasteiger charge is 2.23. The van der Waals surface area contributed by atoms with Gasteiger partial charge in [0.25, 0.3) is 6.43 Å². The SMILES string of the molecule is Cc1cnc(Cl)c(C(=O)O)c1C(F)F. The highest BCUT2D eigenvalue weighted by molar-refractivity contribution is 6.32. The van der Waals surface area contributed by atoms with Gasteiger partial charge in [0.1, 0.15) is 10.7 Å². The number of aryl methyl sites for hydroxylation is 1. The molecule has 0 spiro atoms. The predicted octanol–water partition coefficient (Wildman–Crippen LogP) is 2.68. The first kappa shape index (κ1) is 10.8. The Morgan fingerprint density at radius 2 is 2.21 bits per heavy atom. The topological polar surface area (TPSA) is 50.2 Å². The fourth-order valence-corrected chi connectivity index (χ4v) is 1.31. The molecule has 0 bridgehead atoms. The maximum Gasteiger partial charge on any atom is 0.339 e. The predicted molar refractivity (Wildman–Crippen MR) is 45.9 cm³/mol. The summed E-state index contributed by atoms with van der Waals surface area (Å²) >= 11 is 5.42. The molecule has 0 atom stereocenters. The van der Waals surface area contributed by atoms with Crippen molar-refractivity contribution in [3.63, 3.8) is 0 Å². The molecule has 0 fully saturated rings. The molecule has 1 N–H and O–H groups in total. The molecule has 3 nitrogen and oxygen atoms in total. The van der Waals surface area contributed by atoms with Gasteiger partial charge in [-0.15, -0.1) is 0 Å². The minimum absolute atomic E-state index is 0.113. The first-order valence-corrected chi connectivity index (χ1v) is 3.99. The van der Waals surface area contributed by atoms with Gasteiger partial charge >= 0.3 is 5.97 Å². The number of hydrogen-bond acceptors (Lipinski definition) is 2. The average Bonchev–Trinajstić information content (AvgIpc) is 2.07. The molecule has 0 aliphatic rings. The zero-order valence-corrected chi connectivity index (χ0v) is 7.85. The molecule has 76 valence electrons. The summed E-state index contributed by atoms with van der Waals surface area (Å²) in [5, 5.41) is 8.24. The summed E-state index contributed by atoms with van der Waals surface area (Å²) in [5.41, 5.74) is -1.08. The summed E-state index contributed by atoms with van der Waals surface area (Å²) in [6.07, 6.45) is -1.75. The Hall–Kier alpha value is -1.23. The van der Waals surface area contributed by atoms with Crippen molar-refractivity contribution in [2.45, 2.75) is 13.3 Å². The highest BCUT2D eigenvalue weighted by atomic mass is 35.5. The van der Waals surface area contributed by atoms with Crippen molar-refractivity contribution < 1.29 is 18.7 Å². The van der Waals surface area contributed by atoms with Crippen molar-refractivity contribution in [1.29, 1.82) is 0 Å². The summed E-state index contributed by atoms with van der Waals surface area (Å²) in [7, 11) is 0. The van der Waals surface area contributed by atoms with Crippen LogP contribution in [0.4, 0.5) is 8.78 Å². The lowest BCUT2D eigenvalue weighted by Gasteiger charge is -2.08. The lowest BCUT2D eigenvalue weighted by atomic mass is 10.1. The molecule has 0 radical (unpaired) electrons. The van der Waals surface area contributed by atoms with Gasteiger partial charge in [0.05, 0.1) is 0 Å². The Bertz CT molecular complexity index is 382. The van der Waals surface area contributed by atoms with Crippen LogP contribution in [0, 0.1) is 6.92 Å². The van der Waals surface area contributed by atoms with E-state index in [1.165, 1.54) is 6.92 Å². The average molecular weight is 222 g/mol. The molecule has 14 heavy (non-hydrogen) atoms. The van der Waals surface area contributed by atoms with Crippen LogP contribution in [0.5, 0.6) is 0 Å². The van der Waals surface area contributed by atoms with E-state index < -0.39 is 28.7 Å². The summed E-state index contributed by atoms with van der Waals surface area (Å²) < 4.78 is 25.0. The molecule has 0 amide bonds. The van der Waals surface area contributed by atoms with E-state index in [0.29, 0.717) is 0 Å². The Morgan fingerprint density at radius 3 is 2.57 bits per heavy atom. The van der Waals surface area contributed by atoms with E-state index in [1.54, 1.807) is 0 Å². The number of alkyl halides is 2. The molecule has 1 aromatic heterocycles. The minimum Gasteiger partial charge on any atom is -0.478 e. The number of nitrogens with zero attached hydrogens (tertiary/aromatic N) is 1. The number of pyridine rings is 1. The smallest absolute Gasteiger partial charge is 0.339 e. The number of aromatic nitrogens is 1. The molecule has 1 rings (SSSR count). The molecule has 0 aliphatic carbocycles. The van der Waals surface area contributed by atoms with Crippen LogP contribution < -0.4 is 0 Å². The highest BCUT2D eigenvalue weighted by Crippen LogP contribution is 2.29. The monoisotopic (exact) mass is 221 g/mol. The normalized spacial score (nSPS) is 10.6. The van der Waals surface area contributed by atoms with E-state index in [9.17, 15) is 13.6 Å². The molecule has 0 saturated heterocycles. The molecule has 0 aromatic carbocycles. The van der Waals surface area contributed by atoms with Crippen molar-refractivity contribution >= 4 is 17.6 Å². The van der Waals surface area contributed by atoms with Crippen molar-refractivity contribution in [3.05, 3.63) is 28.0 Å². The Balaban J connectivity index is 3.50. The van der Waals surface area contributed by atoms with Crippen LogP contribution in [-0.4, -0.2) is 16.1 Å². The zero-order valence-electron chi connectivity index (χ0n) is 7.09. The van der Waals surface area contributed by atoms with Gasteiger partial charge in [-0.25, -0.2) is 18.6 Å². The molecule has 0 aliphatic heterocycles. The second-order valence-electron chi connectivity index (χ2n) is 2.63. The van der Waals surface area contributed by atoms with Crippen molar-refractivity contribution in [2.75, 3.05) is 0 Å². The second kappa shape index (κ2) is 3.88. The largest absolute Gasteiger partial charge is 0.478 e. The molecule has 6 heteroatoms. The molecule has 1 aromatic rings. The third kappa shape index (κ3) is 1.82. The van der Waals surface area contributed by atoms with Gasteiger partial charge < -0.3 is 5.11 Å². The Kier molecular flexibility index (Phi) is 3.00. The van der Waals surface area contributed by atoms with Gasteiger partial charge in [-0.1, -0.05) is 11.6 Å². The summed E-state index contributed by atoms with van der Waals surface area (Å²) in [6, 6.07) is 0. The minimum atomic E-state index is -2.87. The van der Waals surface area contributed by atoms with Gasteiger partial charge in [0.15, 0.2) is 0 Å². The number of halogens is 3. The van der Waals surface area contributed by atoms with E-state index in [4.69, 9.17) is 16.7 Å². The summed E-state index contributed by atoms with van der Waals surface area (Å²) in [6.45, 7) is 1.36. The van der Waals surface area contributed by atoms with Gasteiger partial charge in [-0.2, -0.15) is 0 Å². The van der Waals surface area contributed by atoms with Crippen molar-refractivity contribution in [2.24, 2.45) is 0 Å². The molecule has 0 saturated carbocycles. The fraction of sp³-hybridized carbons (Fsp3) is 0.250. The van der Waals surface area contributed by atoms with E-state index in [1.807, 2.05) is 0 Å². The summed E-state index contributed by atoms with van der Waals surface area (Å²) in [4.78, 5) is 14.1. The first-order valence-electron chi connectivity index (χ1n) is 3.61. The van der Waals surface area contributed by atoms with Gasteiger partial charge in [0, 0.05) is 11.8 Å². The van der Waals surface area contributed by atoms with Crippen LogP contribution in [0.2, 0.25) is 5.15 Å². The van der Waals surface area contributed by atoms with Crippen LogP contribution in [0.3, 0.4) is 0 Å². The number of aromatic carboxylic acids is 1. The Morgan fingerprint density at radius 1 is 1.64 bits per heavy atom. The molecule has 1 heterocycles. The van der Waals surface area contributed by atoms with E-state index in [2.05, 4.69) is 4.98 Å². The standard InChI is InChI=1S/C8H6ClF2NO2/c1-3-2-12-6(9)5(8(13)14)4(3)7(10)11/h2,7H,1H3,(H,13,14). The van der Waals surface area contributed by atoms with Crippen LogP contribution in [0.15, 0.2) is 6.20 Å². The second-order valence-corrected chi connectivity index (χ2v) is 2.98. The van der Waals surface area contributed by atoms with Crippen LogP contribution in [0.1, 0.15) is 27.9 Å². The zero-order chi connectivity index (χ0) is 10.9. The number of carboxylic acid groups (broad SMARTS) is 1. The number of carbonyl (C=O) groups is 1. The van der Waals surface area contributed by atoms with Gasteiger partial charge in [0.2, 0.25) is 0 Å². The van der Waals surface area contributed by atoms with Gasteiger partial charge in [-0.3, -0.25) is 0 Å². The summed E-state index contributed by atoms with van der Waals surface area (Å²) in [5.74, 6) is -1.50. The van der Waals surface area contributed by atoms with Crippen LogP contribution in [-0.2, 0) is 0 Å². The molecule has 0 unspecified atom stereocenters. The first-order chi connectivity index (χ1) is 6.45. The lowest BCUT2D eigenvalue weighted by molar-refractivity contribution is 0.0684. The number of carboxylic acids is 1. The van der Waals surface area contributed by atoms with Crippen LogP contribution >= 0.6 is 11.6 Å². The molecular formula is C8H6ClF2NO2. The fourth-order valence-electron chi connectivity index (χ4n) is 1.08. The Labute approximate surface area is 83.3 Å². The quantitative estimate of drug-likeness (QED) is 0.781. The maximum atomic E-state index is 12.5. The van der Waals surface area contributed by atoms with Crippen molar-refractivity contribution in [1.82, 2.24) is 4.98 Å². The lowest BCUT2D eigenvalue weighted by Crippen LogP contribution is -2.07. The van der Waals surface area contributed by atoms with Gasteiger partial charge in [-0.05, 0) is 12.5 Å². The molecular weight excluding hydrogens is 216 g/mol. The third-order valence-electron chi connectivity index (χ3n) is 1.70. The number of hydrogen-bond donors (Lipinski definition) is 1. The maximum absolute atomic E-state index is 12.5. The van der Waals surface area contributed by atoms with Crippen LogP contribution in [0.25, 0.3) is 0 Å². The van der Waals surface area contributed by atoms with E-state index >= 15 is 0 Å².